The van der Waals surface area contributed by atoms with Gasteiger partial charge in [-0.15, -0.1) is 0 Å². The van der Waals surface area contributed by atoms with Crippen molar-refractivity contribution in [2.24, 2.45) is 0 Å². The smallest absolute Gasteiger partial charge is 0.336 e. The summed E-state index contributed by atoms with van der Waals surface area (Å²) in [5, 5.41) is 12.6. The minimum absolute atomic E-state index is 0.276. The third-order valence-electron chi connectivity index (χ3n) is 2.19. The maximum Gasteiger partial charge on any atom is 0.336 e. The molecule has 15 heavy (non-hydrogen) atoms. The first-order chi connectivity index (χ1) is 7.22. The third-order valence-corrected chi connectivity index (χ3v) is 2.19. The number of aromatic carboxylic acids is 1. The highest BCUT2D eigenvalue weighted by Gasteiger charge is 2.11. The number of hydrogen-bond acceptors (Lipinski definition) is 3. The van der Waals surface area contributed by atoms with E-state index in [1.54, 1.807) is 24.3 Å². The SMILES string of the molecule is CNCc1cc2c(C(=O)O)cccc2o1. The van der Waals surface area contributed by atoms with Crippen LogP contribution in [0.3, 0.4) is 0 Å². The summed E-state index contributed by atoms with van der Waals surface area (Å²) < 4.78 is 5.47. The number of hydrogen-bond donors (Lipinski definition) is 2. The predicted octanol–water partition coefficient (Wildman–Crippen LogP) is 1.85. The fraction of sp³-hybridized carbons (Fsp3) is 0.182. The number of carboxylic acids is 1. The molecule has 0 aliphatic carbocycles. The summed E-state index contributed by atoms with van der Waals surface area (Å²) in [6.45, 7) is 0.591. The van der Waals surface area contributed by atoms with Gasteiger partial charge >= 0.3 is 5.97 Å². The van der Waals surface area contributed by atoms with Crippen LogP contribution in [0.25, 0.3) is 11.0 Å². The summed E-state index contributed by atoms with van der Waals surface area (Å²) >= 11 is 0. The molecular formula is C11H11NO3. The molecule has 4 heteroatoms. The Morgan fingerprint density at radius 3 is 3.00 bits per heavy atom. The van der Waals surface area contributed by atoms with Gasteiger partial charge in [0, 0.05) is 5.39 Å². The maximum absolute atomic E-state index is 10.9. The Hall–Kier alpha value is -1.81. The van der Waals surface area contributed by atoms with Crippen LogP contribution in [0, 0.1) is 0 Å². The summed E-state index contributed by atoms with van der Waals surface area (Å²) in [4.78, 5) is 10.9. The first-order valence-electron chi connectivity index (χ1n) is 4.61. The highest BCUT2D eigenvalue weighted by Crippen LogP contribution is 2.23. The van der Waals surface area contributed by atoms with Crippen LogP contribution < -0.4 is 5.32 Å². The molecule has 0 amide bonds. The Bertz CT molecular complexity index is 502. The van der Waals surface area contributed by atoms with Crippen molar-refractivity contribution in [2.75, 3.05) is 7.05 Å². The van der Waals surface area contributed by atoms with E-state index in [0.717, 1.165) is 5.76 Å². The van der Waals surface area contributed by atoms with Crippen LogP contribution in [-0.4, -0.2) is 18.1 Å². The standard InChI is InChI=1S/C11H11NO3/c1-12-6-7-5-9-8(11(13)14)3-2-4-10(9)15-7/h2-5,12H,6H2,1H3,(H,13,14). The Morgan fingerprint density at radius 2 is 2.33 bits per heavy atom. The summed E-state index contributed by atoms with van der Waals surface area (Å²) in [6, 6.07) is 6.78. The van der Waals surface area contributed by atoms with Crippen LogP contribution in [0.4, 0.5) is 0 Å². The number of furan rings is 1. The van der Waals surface area contributed by atoms with Crippen molar-refractivity contribution in [3.8, 4) is 0 Å². The number of carbonyl (C=O) groups is 1. The maximum atomic E-state index is 10.9. The summed E-state index contributed by atoms with van der Waals surface area (Å²) in [7, 11) is 1.81. The Morgan fingerprint density at radius 1 is 1.53 bits per heavy atom. The van der Waals surface area contributed by atoms with Gasteiger partial charge in [-0.25, -0.2) is 4.79 Å². The second kappa shape index (κ2) is 3.74. The van der Waals surface area contributed by atoms with Crippen molar-refractivity contribution in [1.29, 1.82) is 0 Å². The molecular weight excluding hydrogens is 194 g/mol. The van der Waals surface area contributed by atoms with Gasteiger partial charge in [0.2, 0.25) is 0 Å². The zero-order chi connectivity index (χ0) is 10.8. The first kappa shape index (κ1) is 9.73. The molecule has 0 saturated carbocycles. The monoisotopic (exact) mass is 205 g/mol. The fourth-order valence-electron chi connectivity index (χ4n) is 1.56. The molecule has 0 unspecified atom stereocenters. The summed E-state index contributed by atoms with van der Waals surface area (Å²) in [6.07, 6.45) is 0. The Labute approximate surface area is 86.5 Å². The number of rotatable bonds is 3. The lowest BCUT2D eigenvalue weighted by atomic mass is 10.1. The van der Waals surface area contributed by atoms with E-state index in [4.69, 9.17) is 9.52 Å². The molecule has 0 atom stereocenters. The minimum Gasteiger partial charge on any atom is -0.478 e. The van der Waals surface area contributed by atoms with Crippen molar-refractivity contribution in [3.05, 3.63) is 35.6 Å². The topological polar surface area (TPSA) is 62.5 Å². The van der Waals surface area contributed by atoms with Crippen molar-refractivity contribution >= 4 is 16.9 Å². The fourth-order valence-corrected chi connectivity index (χ4v) is 1.56. The number of carboxylic acid groups (broad SMARTS) is 1. The summed E-state index contributed by atoms with van der Waals surface area (Å²) in [5.74, 6) is -0.196. The van der Waals surface area contributed by atoms with E-state index >= 15 is 0 Å². The van der Waals surface area contributed by atoms with Crippen molar-refractivity contribution in [2.45, 2.75) is 6.54 Å². The average Bonchev–Trinajstić information content (AvgIpc) is 2.59. The molecule has 0 saturated heterocycles. The predicted molar refractivity (Wildman–Crippen MR) is 55.9 cm³/mol. The largest absolute Gasteiger partial charge is 0.478 e. The van der Waals surface area contributed by atoms with E-state index < -0.39 is 5.97 Å². The van der Waals surface area contributed by atoms with E-state index in [9.17, 15) is 4.79 Å². The van der Waals surface area contributed by atoms with Gasteiger partial charge in [-0.2, -0.15) is 0 Å². The molecule has 1 aromatic heterocycles. The third kappa shape index (κ3) is 1.71. The van der Waals surface area contributed by atoms with Gasteiger partial charge in [-0.3, -0.25) is 0 Å². The first-order valence-corrected chi connectivity index (χ1v) is 4.61. The van der Waals surface area contributed by atoms with E-state index in [1.165, 1.54) is 0 Å². The van der Waals surface area contributed by atoms with Crippen LogP contribution in [0.15, 0.2) is 28.7 Å². The van der Waals surface area contributed by atoms with Crippen LogP contribution in [0.1, 0.15) is 16.1 Å². The lowest BCUT2D eigenvalue weighted by Crippen LogP contribution is -2.03. The second-order valence-corrected chi connectivity index (χ2v) is 3.27. The van der Waals surface area contributed by atoms with Gasteiger partial charge in [0.05, 0.1) is 12.1 Å². The highest BCUT2D eigenvalue weighted by atomic mass is 16.4. The van der Waals surface area contributed by atoms with Crippen molar-refractivity contribution in [1.82, 2.24) is 5.32 Å². The van der Waals surface area contributed by atoms with Gasteiger partial charge in [0.1, 0.15) is 11.3 Å². The lowest BCUT2D eigenvalue weighted by Gasteiger charge is -1.93. The molecule has 0 radical (unpaired) electrons. The second-order valence-electron chi connectivity index (χ2n) is 3.27. The van der Waals surface area contributed by atoms with Gasteiger partial charge in [-0.1, -0.05) is 6.07 Å². The zero-order valence-corrected chi connectivity index (χ0v) is 8.28. The molecule has 2 N–H and O–H groups in total. The molecule has 1 aromatic carbocycles. The molecule has 0 aliphatic heterocycles. The van der Waals surface area contributed by atoms with Gasteiger partial charge in [-0.05, 0) is 25.2 Å². The normalized spacial score (nSPS) is 10.7. The molecule has 78 valence electrons. The van der Waals surface area contributed by atoms with E-state index in [2.05, 4.69) is 5.32 Å². The quantitative estimate of drug-likeness (QED) is 0.802. The summed E-state index contributed by atoms with van der Waals surface area (Å²) in [5.41, 5.74) is 0.888. The van der Waals surface area contributed by atoms with Crippen LogP contribution in [0.5, 0.6) is 0 Å². The number of benzene rings is 1. The minimum atomic E-state index is -0.933. The van der Waals surface area contributed by atoms with Crippen LogP contribution in [0.2, 0.25) is 0 Å². The van der Waals surface area contributed by atoms with Crippen molar-refractivity contribution in [3.63, 3.8) is 0 Å². The van der Waals surface area contributed by atoms with E-state index in [1.807, 2.05) is 7.05 Å². The number of nitrogens with one attached hydrogen (secondary N) is 1. The molecule has 0 spiro atoms. The van der Waals surface area contributed by atoms with E-state index in [-0.39, 0.29) is 5.56 Å². The van der Waals surface area contributed by atoms with Crippen molar-refractivity contribution < 1.29 is 14.3 Å². The average molecular weight is 205 g/mol. The molecule has 0 fully saturated rings. The number of fused-ring (bicyclic) bond motifs is 1. The Kier molecular flexibility index (Phi) is 2.43. The molecule has 2 rings (SSSR count). The van der Waals surface area contributed by atoms with E-state index in [0.29, 0.717) is 17.5 Å². The van der Waals surface area contributed by atoms with Gasteiger partial charge in [0.15, 0.2) is 0 Å². The highest BCUT2D eigenvalue weighted by molar-refractivity contribution is 6.02. The van der Waals surface area contributed by atoms with Crippen LogP contribution in [-0.2, 0) is 6.54 Å². The molecule has 4 nitrogen and oxygen atoms in total. The molecule has 0 aliphatic rings. The molecule has 2 aromatic rings. The lowest BCUT2D eigenvalue weighted by molar-refractivity contribution is 0.0699. The zero-order valence-electron chi connectivity index (χ0n) is 8.28. The molecule has 1 heterocycles. The van der Waals surface area contributed by atoms with Crippen LogP contribution >= 0.6 is 0 Å². The molecule has 0 bridgehead atoms. The van der Waals surface area contributed by atoms with Gasteiger partial charge < -0.3 is 14.8 Å². The van der Waals surface area contributed by atoms with Gasteiger partial charge in [0.25, 0.3) is 0 Å². The Balaban J connectivity index is 2.59.